The second kappa shape index (κ2) is 8.56. The number of rotatable bonds is 7. The highest BCUT2D eigenvalue weighted by Gasteiger charge is 2.13. The molecule has 2 aromatic carbocycles. The summed E-state index contributed by atoms with van der Waals surface area (Å²) < 4.78 is 28.6. The second-order valence-electron chi connectivity index (χ2n) is 6.08. The Balaban J connectivity index is 1.85. The number of anilines is 1. The molecule has 0 atom stereocenters. The van der Waals surface area contributed by atoms with Crippen molar-refractivity contribution in [2.24, 2.45) is 0 Å². The first-order valence-electron chi connectivity index (χ1n) is 8.14. The topological polar surface area (TPSA) is 63.7 Å². The predicted octanol–water partition coefficient (Wildman–Crippen LogP) is 3.87. The van der Waals surface area contributed by atoms with Crippen molar-refractivity contribution < 1.29 is 17.9 Å². The quantitative estimate of drug-likeness (QED) is 0.667. The van der Waals surface area contributed by atoms with Crippen molar-refractivity contribution in [1.29, 1.82) is 0 Å². The molecule has 0 bridgehead atoms. The van der Waals surface area contributed by atoms with E-state index < -0.39 is 9.84 Å². The number of halogens is 1. The van der Waals surface area contributed by atoms with Gasteiger partial charge >= 0.3 is 0 Å². The lowest BCUT2D eigenvalue weighted by atomic mass is 10.2. The Morgan fingerprint density at radius 2 is 1.81 bits per heavy atom. The van der Waals surface area contributed by atoms with Crippen LogP contribution in [0.1, 0.15) is 18.4 Å². The molecule has 0 radical (unpaired) electrons. The molecule has 1 amide bonds. The minimum Gasteiger partial charge on any atom is -0.493 e. The molecule has 7 heteroatoms. The third kappa shape index (κ3) is 5.47. The molecule has 26 heavy (non-hydrogen) atoms. The van der Waals surface area contributed by atoms with Crippen molar-refractivity contribution in [3.05, 3.63) is 53.1 Å². The van der Waals surface area contributed by atoms with Gasteiger partial charge in [-0.25, -0.2) is 8.42 Å². The average molecular weight is 396 g/mol. The van der Waals surface area contributed by atoms with Crippen molar-refractivity contribution in [3.8, 4) is 5.75 Å². The molecule has 0 aliphatic heterocycles. The van der Waals surface area contributed by atoms with E-state index in [4.69, 9.17) is 16.3 Å². The van der Waals surface area contributed by atoms with Crippen LogP contribution in [0.4, 0.5) is 5.69 Å². The van der Waals surface area contributed by atoms with E-state index in [1.165, 1.54) is 17.0 Å². The molecule has 140 valence electrons. The van der Waals surface area contributed by atoms with E-state index in [0.29, 0.717) is 30.2 Å². The minimum absolute atomic E-state index is 0.0615. The maximum absolute atomic E-state index is 12.3. The molecule has 2 rings (SSSR count). The highest BCUT2D eigenvalue weighted by atomic mass is 35.5. The van der Waals surface area contributed by atoms with Gasteiger partial charge in [0, 0.05) is 30.4 Å². The number of aryl methyl sites for hydroxylation is 1. The van der Waals surface area contributed by atoms with Crippen LogP contribution in [-0.4, -0.2) is 34.2 Å². The number of amides is 1. The Kier molecular flexibility index (Phi) is 6.67. The van der Waals surface area contributed by atoms with Crippen LogP contribution in [0.15, 0.2) is 47.4 Å². The summed E-state index contributed by atoms with van der Waals surface area (Å²) in [5, 5.41) is 0.661. The van der Waals surface area contributed by atoms with Crippen LogP contribution in [0.2, 0.25) is 5.02 Å². The normalized spacial score (nSPS) is 11.2. The minimum atomic E-state index is -3.24. The summed E-state index contributed by atoms with van der Waals surface area (Å²) in [6, 6.07) is 11.7. The van der Waals surface area contributed by atoms with Gasteiger partial charge in [0.15, 0.2) is 9.84 Å². The predicted molar refractivity (Wildman–Crippen MR) is 104 cm³/mol. The lowest BCUT2D eigenvalue weighted by Gasteiger charge is -2.18. The molecule has 0 saturated carbocycles. The fraction of sp³-hybridized carbons (Fsp3) is 0.316. The van der Waals surface area contributed by atoms with Gasteiger partial charge < -0.3 is 9.64 Å². The molecule has 0 aliphatic carbocycles. The Bertz CT molecular complexity index is 879. The summed E-state index contributed by atoms with van der Waals surface area (Å²) in [6.45, 7) is 2.34. The number of hydrogen-bond acceptors (Lipinski definition) is 4. The summed E-state index contributed by atoms with van der Waals surface area (Å²) in [5.41, 5.74) is 1.60. The van der Waals surface area contributed by atoms with Crippen LogP contribution in [0.25, 0.3) is 0 Å². The van der Waals surface area contributed by atoms with Crippen LogP contribution in [-0.2, 0) is 14.6 Å². The Morgan fingerprint density at radius 3 is 2.38 bits per heavy atom. The van der Waals surface area contributed by atoms with Crippen LogP contribution in [0.3, 0.4) is 0 Å². The molecular weight excluding hydrogens is 374 g/mol. The fourth-order valence-corrected chi connectivity index (χ4v) is 3.27. The summed E-state index contributed by atoms with van der Waals surface area (Å²) in [7, 11) is -1.58. The first-order chi connectivity index (χ1) is 12.2. The van der Waals surface area contributed by atoms with E-state index in [-0.39, 0.29) is 10.8 Å². The number of ether oxygens (including phenoxy) is 1. The first-order valence-corrected chi connectivity index (χ1v) is 10.4. The molecule has 0 saturated heterocycles. The zero-order valence-electron chi connectivity index (χ0n) is 15.0. The lowest BCUT2D eigenvalue weighted by Crippen LogP contribution is -2.26. The van der Waals surface area contributed by atoms with Crippen LogP contribution in [0.5, 0.6) is 5.75 Å². The van der Waals surface area contributed by atoms with E-state index in [9.17, 15) is 13.2 Å². The zero-order valence-corrected chi connectivity index (χ0v) is 16.6. The lowest BCUT2D eigenvalue weighted by molar-refractivity contribution is -0.118. The van der Waals surface area contributed by atoms with Gasteiger partial charge in [0.2, 0.25) is 5.91 Å². The number of hydrogen-bond donors (Lipinski definition) is 0. The Hall–Kier alpha value is -2.05. The number of benzene rings is 2. The SMILES string of the molecule is Cc1cc(Cl)ccc1OCCCC(=O)N(C)c1ccc(S(C)(=O)=O)cc1. The standard InChI is InChI=1S/C19H22ClNO4S/c1-14-13-15(20)6-11-18(14)25-12-4-5-19(22)21(2)16-7-9-17(10-8-16)26(3,23)24/h6-11,13H,4-5,12H2,1-3H3. The van der Waals surface area contributed by atoms with Crippen molar-refractivity contribution in [1.82, 2.24) is 0 Å². The summed E-state index contributed by atoms with van der Waals surface area (Å²) in [6.07, 6.45) is 2.06. The van der Waals surface area contributed by atoms with Gasteiger partial charge in [0.05, 0.1) is 11.5 Å². The molecule has 0 heterocycles. The molecular formula is C19H22ClNO4S. The highest BCUT2D eigenvalue weighted by Crippen LogP contribution is 2.22. The van der Waals surface area contributed by atoms with Crippen molar-refractivity contribution in [3.63, 3.8) is 0 Å². The van der Waals surface area contributed by atoms with E-state index in [1.807, 2.05) is 19.1 Å². The van der Waals surface area contributed by atoms with Gasteiger partial charge in [0.1, 0.15) is 5.75 Å². The summed E-state index contributed by atoms with van der Waals surface area (Å²) >= 11 is 5.91. The maximum Gasteiger partial charge on any atom is 0.226 e. The van der Waals surface area contributed by atoms with Gasteiger partial charge in [-0.05, 0) is 61.4 Å². The van der Waals surface area contributed by atoms with E-state index >= 15 is 0 Å². The van der Waals surface area contributed by atoms with Crippen LogP contribution >= 0.6 is 11.6 Å². The zero-order chi connectivity index (χ0) is 19.3. The number of sulfone groups is 1. The number of carbonyl (C=O) groups excluding carboxylic acids is 1. The molecule has 0 unspecified atom stereocenters. The van der Waals surface area contributed by atoms with Gasteiger partial charge in [0.25, 0.3) is 0 Å². The monoisotopic (exact) mass is 395 g/mol. The largest absolute Gasteiger partial charge is 0.493 e. The van der Waals surface area contributed by atoms with E-state index in [1.54, 1.807) is 25.2 Å². The van der Waals surface area contributed by atoms with Crippen molar-refractivity contribution in [2.45, 2.75) is 24.7 Å². The number of nitrogens with zero attached hydrogens (tertiary/aromatic N) is 1. The summed E-state index contributed by atoms with van der Waals surface area (Å²) in [5.74, 6) is 0.695. The highest BCUT2D eigenvalue weighted by molar-refractivity contribution is 7.90. The molecule has 0 aromatic heterocycles. The van der Waals surface area contributed by atoms with Crippen LogP contribution < -0.4 is 9.64 Å². The third-order valence-electron chi connectivity index (χ3n) is 3.96. The van der Waals surface area contributed by atoms with Gasteiger partial charge in [-0.1, -0.05) is 11.6 Å². The molecule has 0 aliphatic rings. The van der Waals surface area contributed by atoms with Crippen LogP contribution in [0, 0.1) is 6.92 Å². The number of carbonyl (C=O) groups is 1. The van der Waals surface area contributed by atoms with Gasteiger partial charge in [-0.15, -0.1) is 0 Å². The van der Waals surface area contributed by atoms with E-state index in [0.717, 1.165) is 17.6 Å². The van der Waals surface area contributed by atoms with Crippen molar-refractivity contribution in [2.75, 3.05) is 24.8 Å². The molecule has 0 fully saturated rings. The maximum atomic E-state index is 12.3. The second-order valence-corrected chi connectivity index (χ2v) is 8.53. The third-order valence-corrected chi connectivity index (χ3v) is 5.32. The molecule has 0 spiro atoms. The molecule has 0 N–H and O–H groups in total. The van der Waals surface area contributed by atoms with Gasteiger partial charge in [-0.3, -0.25) is 4.79 Å². The average Bonchev–Trinajstić information content (AvgIpc) is 2.58. The fourth-order valence-electron chi connectivity index (χ4n) is 2.41. The Labute approximate surface area is 159 Å². The molecule has 5 nitrogen and oxygen atoms in total. The first kappa shape index (κ1) is 20.3. The summed E-state index contributed by atoms with van der Waals surface area (Å²) in [4.78, 5) is 14.0. The van der Waals surface area contributed by atoms with Crippen molar-refractivity contribution >= 4 is 33.0 Å². The van der Waals surface area contributed by atoms with Gasteiger partial charge in [-0.2, -0.15) is 0 Å². The van der Waals surface area contributed by atoms with E-state index in [2.05, 4.69) is 0 Å². The Morgan fingerprint density at radius 1 is 1.15 bits per heavy atom. The smallest absolute Gasteiger partial charge is 0.226 e. The molecule has 2 aromatic rings.